The molecule has 0 spiro atoms. The fourth-order valence-electron chi connectivity index (χ4n) is 3.93. The lowest BCUT2D eigenvalue weighted by atomic mass is 10.0. The molecule has 0 aliphatic carbocycles. The van der Waals surface area contributed by atoms with Crippen LogP contribution in [0.2, 0.25) is 0 Å². The molecular weight excluding hydrogens is 416 g/mol. The Morgan fingerprint density at radius 1 is 1.10 bits per heavy atom. The van der Waals surface area contributed by atoms with Gasteiger partial charge in [0.25, 0.3) is 0 Å². The van der Waals surface area contributed by atoms with Crippen molar-refractivity contribution in [3.05, 3.63) is 60.2 Å². The number of unbranched alkanes of at least 4 members (excludes halogenated alkanes) is 1. The van der Waals surface area contributed by atoms with Crippen molar-refractivity contribution in [3.8, 4) is 5.75 Å². The number of ether oxygens (including phenoxy) is 1. The van der Waals surface area contributed by atoms with Gasteiger partial charge < -0.3 is 19.9 Å². The van der Waals surface area contributed by atoms with Crippen LogP contribution in [0, 0.1) is 11.6 Å². The number of halogens is 2. The number of anilines is 1. The fraction of sp³-hybridized carbons (Fsp3) is 0.458. The van der Waals surface area contributed by atoms with Crippen LogP contribution in [0.15, 0.2) is 48.5 Å². The number of piperidine rings is 1. The van der Waals surface area contributed by atoms with Crippen LogP contribution in [0.5, 0.6) is 5.75 Å². The molecule has 1 saturated heterocycles. The molecule has 1 N–H and O–H groups in total. The van der Waals surface area contributed by atoms with Gasteiger partial charge >= 0.3 is 0 Å². The maximum Gasteiger partial charge on any atom is 0.173 e. The Kier molecular flexibility index (Phi) is 9.03. The summed E-state index contributed by atoms with van der Waals surface area (Å²) in [6.45, 7) is 6.68. The molecule has 0 bridgehead atoms. The summed E-state index contributed by atoms with van der Waals surface area (Å²) in [6, 6.07) is 14.2. The molecule has 7 heteroatoms. The molecule has 1 fully saturated rings. The molecule has 2 aromatic rings. The van der Waals surface area contributed by atoms with E-state index in [1.165, 1.54) is 6.07 Å². The molecule has 1 heterocycles. The zero-order valence-corrected chi connectivity index (χ0v) is 18.8. The molecule has 1 aliphatic heterocycles. The van der Waals surface area contributed by atoms with Crippen LogP contribution in [0.25, 0.3) is 0 Å². The SMILES string of the molecule is CCN(C(=S)Nc1ccccc1)C1CCN(CCCCOc2ccc(F)c(F)c2)CC1. The van der Waals surface area contributed by atoms with Crippen molar-refractivity contribution in [1.82, 2.24) is 9.80 Å². The van der Waals surface area contributed by atoms with E-state index in [1.54, 1.807) is 0 Å². The summed E-state index contributed by atoms with van der Waals surface area (Å²) < 4.78 is 31.7. The second kappa shape index (κ2) is 12.0. The highest BCUT2D eigenvalue weighted by atomic mass is 32.1. The van der Waals surface area contributed by atoms with E-state index in [-0.39, 0.29) is 0 Å². The molecule has 0 atom stereocenters. The average molecular weight is 448 g/mol. The normalized spacial score (nSPS) is 14.9. The third-order valence-corrected chi connectivity index (χ3v) is 5.99. The van der Waals surface area contributed by atoms with Crippen molar-refractivity contribution in [2.24, 2.45) is 0 Å². The molecule has 1 aliphatic rings. The van der Waals surface area contributed by atoms with Gasteiger partial charge in [-0.15, -0.1) is 0 Å². The molecule has 31 heavy (non-hydrogen) atoms. The van der Waals surface area contributed by atoms with Gasteiger partial charge in [-0.1, -0.05) is 18.2 Å². The molecular formula is C24H31F2N3OS. The van der Waals surface area contributed by atoms with Crippen LogP contribution in [-0.2, 0) is 0 Å². The summed E-state index contributed by atoms with van der Waals surface area (Å²) in [5.41, 5.74) is 1.02. The number of thiocarbonyl (C=S) groups is 1. The standard InChI is InChI=1S/C24H31F2N3OS/c1-2-29(24(31)27-19-8-4-3-5-9-19)20-12-15-28(16-13-20)14-6-7-17-30-21-10-11-22(25)23(26)18-21/h3-5,8-11,18,20H,2,6-7,12-17H2,1H3,(H,27,31). The van der Waals surface area contributed by atoms with E-state index in [0.717, 1.165) is 74.8 Å². The van der Waals surface area contributed by atoms with Crippen molar-refractivity contribution in [3.63, 3.8) is 0 Å². The summed E-state index contributed by atoms with van der Waals surface area (Å²) in [5.74, 6) is -1.35. The number of nitrogens with zero attached hydrogens (tertiary/aromatic N) is 2. The van der Waals surface area contributed by atoms with Crippen molar-refractivity contribution in [2.75, 3.05) is 38.1 Å². The van der Waals surface area contributed by atoms with E-state index in [1.807, 2.05) is 30.3 Å². The predicted octanol–water partition coefficient (Wildman–Crippen LogP) is 5.31. The highest BCUT2D eigenvalue weighted by Crippen LogP contribution is 2.19. The first-order valence-corrected chi connectivity index (χ1v) is 11.4. The number of hydrogen-bond donors (Lipinski definition) is 1. The van der Waals surface area contributed by atoms with Crippen LogP contribution < -0.4 is 10.1 Å². The second-order valence-electron chi connectivity index (χ2n) is 7.79. The van der Waals surface area contributed by atoms with Gasteiger partial charge in [-0.2, -0.15) is 0 Å². The number of likely N-dealkylation sites (tertiary alicyclic amines) is 1. The molecule has 0 unspecified atom stereocenters. The summed E-state index contributed by atoms with van der Waals surface area (Å²) in [7, 11) is 0. The molecule has 0 radical (unpaired) electrons. The Balaban J connectivity index is 1.33. The smallest absolute Gasteiger partial charge is 0.173 e. The topological polar surface area (TPSA) is 27.7 Å². The van der Waals surface area contributed by atoms with Gasteiger partial charge in [0.2, 0.25) is 0 Å². The van der Waals surface area contributed by atoms with E-state index in [4.69, 9.17) is 17.0 Å². The Hall–Kier alpha value is -2.25. The Morgan fingerprint density at radius 2 is 1.84 bits per heavy atom. The summed E-state index contributed by atoms with van der Waals surface area (Å²) >= 11 is 5.66. The minimum Gasteiger partial charge on any atom is -0.493 e. The number of para-hydroxylation sites is 1. The maximum atomic E-state index is 13.2. The molecule has 2 aromatic carbocycles. The molecule has 168 valence electrons. The fourth-order valence-corrected chi connectivity index (χ4v) is 4.33. The summed E-state index contributed by atoms with van der Waals surface area (Å²) in [6.07, 6.45) is 4.08. The van der Waals surface area contributed by atoms with Crippen LogP contribution >= 0.6 is 12.2 Å². The van der Waals surface area contributed by atoms with Crippen molar-refractivity contribution in [2.45, 2.75) is 38.6 Å². The van der Waals surface area contributed by atoms with Gasteiger partial charge in [-0.05, 0) is 75.6 Å². The lowest BCUT2D eigenvalue weighted by Crippen LogP contribution is -2.48. The molecule has 3 rings (SSSR count). The van der Waals surface area contributed by atoms with Crippen molar-refractivity contribution >= 4 is 23.0 Å². The summed E-state index contributed by atoms with van der Waals surface area (Å²) in [5, 5.41) is 4.15. The largest absolute Gasteiger partial charge is 0.493 e. The minimum atomic E-state index is -0.875. The molecule has 0 amide bonds. The van der Waals surface area contributed by atoms with Crippen LogP contribution in [0.4, 0.5) is 14.5 Å². The lowest BCUT2D eigenvalue weighted by molar-refractivity contribution is 0.153. The first-order chi connectivity index (χ1) is 15.1. The zero-order valence-electron chi connectivity index (χ0n) is 18.0. The monoisotopic (exact) mass is 447 g/mol. The minimum absolute atomic E-state index is 0.374. The van der Waals surface area contributed by atoms with Crippen LogP contribution in [-0.4, -0.2) is 53.7 Å². The second-order valence-corrected chi connectivity index (χ2v) is 8.17. The quantitative estimate of drug-likeness (QED) is 0.416. The third kappa shape index (κ3) is 7.14. The average Bonchev–Trinajstić information content (AvgIpc) is 2.78. The van der Waals surface area contributed by atoms with E-state index in [2.05, 4.69) is 22.0 Å². The van der Waals surface area contributed by atoms with E-state index < -0.39 is 11.6 Å². The number of rotatable bonds is 9. The van der Waals surface area contributed by atoms with Crippen LogP contribution in [0.3, 0.4) is 0 Å². The van der Waals surface area contributed by atoms with E-state index in [0.29, 0.717) is 18.4 Å². The van der Waals surface area contributed by atoms with Gasteiger partial charge in [0.05, 0.1) is 6.61 Å². The van der Waals surface area contributed by atoms with E-state index in [9.17, 15) is 8.78 Å². The highest BCUT2D eigenvalue weighted by molar-refractivity contribution is 7.80. The summed E-state index contributed by atoms with van der Waals surface area (Å²) in [4.78, 5) is 4.78. The Bertz CT molecular complexity index is 829. The predicted molar refractivity (Wildman–Crippen MR) is 126 cm³/mol. The lowest BCUT2D eigenvalue weighted by Gasteiger charge is -2.39. The number of hydrogen-bond acceptors (Lipinski definition) is 3. The van der Waals surface area contributed by atoms with Gasteiger partial charge in [0.1, 0.15) is 5.75 Å². The third-order valence-electron chi connectivity index (χ3n) is 5.65. The molecule has 0 aromatic heterocycles. The first kappa shape index (κ1) is 23.4. The van der Waals surface area contributed by atoms with Gasteiger partial charge in [0.15, 0.2) is 16.7 Å². The Labute approximate surface area is 189 Å². The Morgan fingerprint density at radius 3 is 2.52 bits per heavy atom. The van der Waals surface area contributed by atoms with Gasteiger partial charge in [-0.3, -0.25) is 0 Å². The van der Waals surface area contributed by atoms with Crippen molar-refractivity contribution in [1.29, 1.82) is 0 Å². The first-order valence-electron chi connectivity index (χ1n) is 11.0. The zero-order chi connectivity index (χ0) is 22.1. The van der Waals surface area contributed by atoms with Gasteiger partial charge in [-0.25, -0.2) is 8.78 Å². The van der Waals surface area contributed by atoms with E-state index >= 15 is 0 Å². The maximum absolute atomic E-state index is 13.2. The number of benzene rings is 2. The van der Waals surface area contributed by atoms with Crippen molar-refractivity contribution < 1.29 is 13.5 Å². The van der Waals surface area contributed by atoms with Gasteiger partial charge in [0, 0.05) is 37.4 Å². The van der Waals surface area contributed by atoms with Crippen LogP contribution in [0.1, 0.15) is 32.6 Å². The molecule has 4 nitrogen and oxygen atoms in total. The number of nitrogens with one attached hydrogen (secondary N) is 1. The molecule has 0 saturated carbocycles. The highest BCUT2D eigenvalue weighted by Gasteiger charge is 2.25.